The number of hydrogen-bond donors (Lipinski definition) is 1. The summed E-state index contributed by atoms with van der Waals surface area (Å²) in [5, 5.41) is 4.34. The fraction of sp³-hybridized carbons (Fsp3) is 0.333. The minimum atomic E-state index is -1.45. The van der Waals surface area contributed by atoms with E-state index in [2.05, 4.69) is 10.3 Å². The van der Waals surface area contributed by atoms with Crippen LogP contribution in [-0.2, 0) is 4.79 Å². The van der Waals surface area contributed by atoms with Crippen LogP contribution in [0.15, 0.2) is 30.5 Å². The van der Waals surface area contributed by atoms with E-state index >= 15 is 0 Å². The topological polar surface area (TPSA) is 60.5 Å². The highest BCUT2D eigenvalue weighted by molar-refractivity contribution is 5.88. The summed E-state index contributed by atoms with van der Waals surface area (Å²) in [4.78, 5) is 15.3. The van der Waals surface area contributed by atoms with E-state index in [1.165, 1.54) is 0 Å². The maximum absolute atomic E-state index is 13.1. The van der Waals surface area contributed by atoms with Gasteiger partial charge in [0.05, 0.1) is 13.2 Å². The van der Waals surface area contributed by atoms with E-state index in [4.69, 9.17) is 9.47 Å². The molecule has 1 aromatic carbocycles. The molecule has 1 aromatic heterocycles. The Morgan fingerprint density at radius 3 is 3.00 bits per heavy atom. The van der Waals surface area contributed by atoms with E-state index in [-0.39, 0.29) is 19.1 Å². The largest absolute Gasteiger partial charge is 0.497 e. The molecule has 1 aliphatic rings. The zero-order valence-corrected chi connectivity index (χ0v) is 11.5. The Labute approximate surface area is 121 Å². The van der Waals surface area contributed by atoms with Gasteiger partial charge in [0.15, 0.2) is 6.17 Å². The van der Waals surface area contributed by atoms with Crippen LogP contribution in [0.5, 0.6) is 11.6 Å². The molecule has 6 heteroatoms. The maximum Gasteiger partial charge on any atom is 0.254 e. The minimum absolute atomic E-state index is 0.132. The van der Waals surface area contributed by atoms with Gasteiger partial charge in [0, 0.05) is 18.0 Å². The Morgan fingerprint density at radius 1 is 1.43 bits per heavy atom. The second-order valence-corrected chi connectivity index (χ2v) is 4.92. The van der Waals surface area contributed by atoms with Gasteiger partial charge in [-0.15, -0.1) is 0 Å². The molecule has 2 atom stereocenters. The van der Waals surface area contributed by atoms with Crippen molar-refractivity contribution < 1.29 is 18.7 Å². The summed E-state index contributed by atoms with van der Waals surface area (Å²) >= 11 is 0. The number of aromatic nitrogens is 1. The predicted molar refractivity (Wildman–Crippen MR) is 75.2 cm³/mol. The lowest BCUT2D eigenvalue weighted by Crippen LogP contribution is -2.31. The third-order valence-corrected chi connectivity index (χ3v) is 3.48. The number of rotatable bonds is 4. The van der Waals surface area contributed by atoms with Crippen LogP contribution in [0.4, 0.5) is 4.39 Å². The third kappa shape index (κ3) is 2.74. The maximum atomic E-state index is 13.1. The van der Waals surface area contributed by atoms with Gasteiger partial charge in [0.2, 0.25) is 5.88 Å². The van der Waals surface area contributed by atoms with Crippen molar-refractivity contribution in [2.75, 3.05) is 13.7 Å². The van der Waals surface area contributed by atoms with Crippen LogP contribution >= 0.6 is 0 Å². The van der Waals surface area contributed by atoms with Gasteiger partial charge in [-0.1, -0.05) is 6.07 Å². The highest BCUT2D eigenvalue weighted by Gasteiger charge is 2.32. The molecule has 0 unspecified atom stereocenters. The van der Waals surface area contributed by atoms with Gasteiger partial charge in [-0.3, -0.25) is 4.79 Å². The van der Waals surface area contributed by atoms with Crippen molar-refractivity contribution in [3.63, 3.8) is 0 Å². The first kappa shape index (κ1) is 13.6. The molecular weight excluding hydrogens is 275 g/mol. The lowest BCUT2D eigenvalue weighted by atomic mass is 10.1. The Kier molecular flexibility index (Phi) is 3.60. The number of hydrogen-bond acceptors (Lipinski definition) is 4. The van der Waals surface area contributed by atoms with Crippen molar-refractivity contribution >= 4 is 16.7 Å². The summed E-state index contributed by atoms with van der Waals surface area (Å²) in [7, 11) is 1.59. The standard InChI is InChI=1S/C15H15FN2O3/c1-20-11-3-2-9-4-5-17-15(12(9)7-11)21-8-10-6-13(16)14(19)18-10/h2-5,7,10,13H,6,8H2,1H3,(H,18,19)/t10-,13-/m1/s1. The van der Waals surface area contributed by atoms with E-state index in [1.54, 1.807) is 13.3 Å². The first-order valence-corrected chi connectivity index (χ1v) is 6.67. The number of benzene rings is 1. The molecular formula is C15H15FN2O3. The number of halogens is 1. The minimum Gasteiger partial charge on any atom is -0.497 e. The van der Waals surface area contributed by atoms with Gasteiger partial charge in [0.1, 0.15) is 12.4 Å². The number of carbonyl (C=O) groups excluding carboxylic acids is 1. The van der Waals surface area contributed by atoms with E-state index in [0.29, 0.717) is 11.6 Å². The monoisotopic (exact) mass is 290 g/mol. The van der Waals surface area contributed by atoms with Crippen molar-refractivity contribution in [3.8, 4) is 11.6 Å². The molecule has 1 amide bonds. The van der Waals surface area contributed by atoms with E-state index in [0.717, 1.165) is 10.8 Å². The molecule has 0 radical (unpaired) electrons. The normalized spacial score (nSPS) is 21.3. The lowest BCUT2D eigenvalue weighted by Gasteiger charge is -2.13. The number of alkyl halides is 1. The van der Waals surface area contributed by atoms with Crippen molar-refractivity contribution in [2.45, 2.75) is 18.6 Å². The molecule has 1 fully saturated rings. The van der Waals surface area contributed by atoms with Gasteiger partial charge < -0.3 is 14.8 Å². The highest BCUT2D eigenvalue weighted by atomic mass is 19.1. The van der Waals surface area contributed by atoms with Crippen molar-refractivity contribution in [3.05, 3.63) is 30.5 Å². The molecule has 2 aromatic rings. The highest BCUT2D eigenvalue weighted by Crippen LogP contribution is 2.27. The summed E-state index contributed by atoms with van der Waals surface area (Å²) < 4.78 is 24.0. The van der Waals surface area contributed by atoms with Crippen LogP contribution in [0, 0.1) is 0 Å². The number of ether oxygens (including phenoxy) is 2. The molecule has 5 nitrogen and oxygen atoms in total. The van der Waals surface area contributed by atoms with Crippen molar-refractivity contribution in [2.24, 2.45) is 0 Å². The fourth-order valence-corrected chi connectivity index (χ4v) is 2.36. The average molecular weight is 290 g/mol. The summed E-state index contributed by atoms with van der Waals surface area (Å²) in [6.07, 6.45) is 0.335. The first-order valence-electron chi connectivity index (χ1n) is 6.67. The van der Waals surface area contributed by atoms with Gasteiger partial charge >= 0.3 is 0 Å². The smallest absolute Gasteiger partial charge is 0.254 e. The van der Waals surface area contributed by atoms with Crippen LogP contribution in [0.1, 0.15) is 6.42 Å². The van der Waals surface area contributed by atoms with Gasteiger partial charge in [-0.2, -0.15) is 0 Å². The molecule has 2 heterocycles. The van der Waals surface area contributed by atoms with Gasteiger partial charge in [-0.05, 0) is 23.6 Å². The quantitative estimate of drug-likeness (QED) is 0.933. The fourth-order valence-electron chi connectivity index (χ4n) is 2.36. The third-order valence-electron chi connectivity index (χ3n) is 3.48. The lowest BCUT2D eigenvalue weighted by molar-refractivity contribution is -0.123. The summed E-state index contributed by atoms with van der Waals surface area (Å²) in [5.41, 5.74) is 0. The second kappa shape index (κ2) is 5.55. The Hall–Kier alpha value is -2.37. The number of methoxy groups -OCH3 is 1. The van der Waals surface area contributed by atoms with E-state index in [1.807, 2.05) is 24.3 Å². The summed E-state index contributed by atoms with van der Waals surface area (Å²) in [5.74, 6) is 0.581. The molecule has 1 N–H and O–H groups in total. The SMILES string of the molecule is COc1ccc2ccnc(OC[C@H]3C[C@@H](F)C(=O)N3)c2c1. The molecule has 0 spiro atoms. The van der Waals surface area contributed by atoms with Gasteiger partial charge in [-0.25, -0.2) is 9.37 Å². The number of nitrogens with one attached hydrogen (secondary N) is 1. The Bertz CT molecular complexity index is 677. The zero-order valence-electron chi connectivity index (χ0n) is 11.5. The van der Waals surface area contributed by atoms with Crippen LogP contribution in [0.3, 0.4) is 0 Å². The van der Waals surface area contributed by atoms with E-state index in [9.17, 15) is 9.18 Å². The van der Waals surface area contributed by atoms with Crippen molar-refractivity contribution in [1.29, 1.82) is 0 Å². The molecule has 1 aliphatic heterocycles. The molecule has 3 rings (SSSR count). The van der Waals surface area contributed by atoms with Crippen molar-refractivity contribution in [1.82, 2.24) is 10.3 Å². The van der Waals surface area contributed by atoms with E-state index < -0.39 is 12.1 Å². The number of pyridine rings is 1. The van der Waals surface area contributed by atoms with Crippen LogP contribution in [0.2, 0.25) is 0 Å². The number of amides is 1. The summed E-state index contributed by atoms with van der Waals surface area (Å²) in [6.45, 7) is 0.190. The molecule has 110 valence electrons. The molecule has 0 saturated carbocycles. The van der Waals surface area contributed by atoms with Gasteiger partial charge in [0.25, 0.3) is 5.91 Å². The predicted octanol–water partition coefficient (Wildman–Crippen LogP) is 1.85. The van der Waals surface area contributed by atoms with Crippen LogP contribution < -0.4 is 14.8 Å². The molecule has 1 saturated heterocycles. The second-order valence-electron chi connectivity index (χ2n) is 4.92. The number of fused-ring (bicyclic) bond motifs is 1. The van der Waals surface area contributed by atoms with Crippen LogP contribution in [0.25, 0.3) is 10.8 Å². The summed E-state index contributed by atoms with van der Waals surface area (Å²) in [6, 6.07) is 7.16. The molecule has 0 bridgehead atoms. The Morgan fingerprint density at radius 2 is 2.29 bits per heavy atom. The number of nitrogens with zero attached hydrogens (tertiary/aromatic N) is 1. The zero-order chi connectivity index (χ0) is 14.8. The molecule has 0 aliphatic carbocycles. The van der Waals surface area contributed by atoms with Crippen LogP contribution in [-0.4, -0.2) is 36.8 Å². The average Bonchev–Trinajstić information content (AvgIpc) is 2.83. The first-order chi connectivity index (χ1) is 10.2. The molecule has 21 heavy (non-hydrogen) atoms. The Balaban J connectivity index is 1.79. The number of carbonyl (C=O) groups is 1.